The van der Waals surface area contributed by atoms with E-state index in [9.17, 15) is 0 Å². The fourth-order valence-electron chi connectivity index (χ4n) is 5.90. The Morgan fingerprint density at radius 3 is 2.59 bits per heavy atom. The normalized spacial score (nSPS) is 18.4. The molecule has 3 aromatic rings. The summed E-state index contributed by atoms with van der Waals surface area (Å²) in [6, 6.07) is 11.4. The van der Waals surface area contributed by atoms with Gasteiger partial charge in [-0.15, -0.1) is 11.3 Å². The van der Waals surface area contributed by atoms with Gasteiger partial charge < -0.3 is 0 Å². The highest BCUT2D eigenvalue weighted by molar-refractivity contribution is 9.11. The van der Waals surface area contributed by atoms with Gasteiger partial charge in [0.1, 0.15) is 0 Å². The van der Waals surface area contributed by atoms with Crippen molar-refractivity contribution in [2.75, 3.05) is 0 Å². The van der Waals surface area contributed by atoms with Crippen LogP contribution in [0.25, 0.3) is 21.7 Å². The number of hydrogen-bond acceptors (Lipinski definition) is 1. The second-order valence-electron chi connectivity index (χ2n) is 9.11. The third kappa shape index (κ3) is 2.80. The minimum Gasteiger partial charge on any atom is -0.128 e. The molecule has 0 N–H and O–H groups in total. The van der Waals surface area contributed by atoms with Gasteiger partial charge in [-0.25, -0.2) is 0 Å². The summed E-state index contributed by atoms with van der Waals surface area (Å²) in [6.07, 6.45) is 3.45. The molecule has 1 atom stereocenters. The van der Waals surface area contributed by atoms with E-state index < -0.39 is 0 Å². The average Bonchev–Trinajstić information content (AvgIpc) is 3.28. The SMILES string of the molecule is CC1=Cc2c(Br)cccc2C1C(C)(C)C1=C(C)Cc2c1cc1sc(Br)cc1c2C. The molecule has 1 heterocycles. The molecule has 148 valence electrons. The maximum Gasteiger partial charge on any atom is 0.0711 e. The highest BCUT2D eigenvalue weighted by atomic mass is 79.9. The first kappa shape index (κ1) is 19.8. The topological polar surface area (TPSA) is 0 Å². The van der Waals surface area contributed by atoms with Gasteiger partial charge in [-0.3, -0.25) is 0 Å². The Morgan fingerprint density at radius 2 is 1.83 bits per heavy atom. The van der Waals surface area contributed by atoms with Crippen molar-refractivity contribution in [1.82, 2.24) is 0 Å². The molecule has 29 heavy (non-hydrogen) atoms. The fourth-order valence-corrected chi connectivity index (χ4v) is 8.04. The van der Waals surface area contributed by atoms with Gasteiger partial charge >= 0.3 is 0 Å². The van der Waals surface area contributed by atoms with Gasteiger partial charge in [0.2, 0.25) is 0 Å². The molecule has 0 spiro atoms. The van der Waals surface area contributed by atoms with E-state index >= 15 is 0 Å². The highest BCUT2D eigenvalue weighted by Crippen LogP contribution is 2.58. The van der Waals surface area contributed by atoms with Crippen LogP contribution < -0.4 is 0 Å². The lowest BCUT2D eigenvalue weighted by Crippen LogP contribution is -2.24. The molecule has 0 saturated carbocycles. The molecule has 2 aliphatic carbocycles. The van der Waals surface area contributed by atoms with Crippen LogP contribution in [-0.4, -0.2) is 0 Å². The first-order valence-corrected chi connectivity index (χ1v) is 12.5. The summed E-state index contributed by atoms with van der Waals surface area (Å²) in [5, 5.41) is 1.40. The Hall–Kier alpha value is -1.16. The number of allylic oxidation sites excluding steroid dienone is 3. The van der Waals surface area contributed by atoms with E-state index in [-0.39, 0.29) is 5.41 Å². The molecule has 0 amide bonds. The molecule has 1 aromatic heterocycles. The van der Waals surface area contributed by atoms with Crippen LogP contribution in [0.2, 0.25) is 0 Å². The molecule has 1 unspecified atom stereocenters. The molecule has 0 aliphatic heterocycles. The Morgan fingerprint density at radius 1 is 1.07 bits per heavy atom. The molecule has 2 aromatic carbocycles. The predicted molar refractivity (Wildman–Crippen MR) is 135 cm³/mol. The number of fused-ring (bicyclic) bond motifs is 3. The number of hydrogen-bond donors (Lipinski definition) is 0. The maximum atomic E-state index is 3.77. The van der Waals surface area contributed by atoms with Crippen molar-refractivity contribution in [2.24, 2.45) is 5.41 Å². The van der Waals surface area contributed by atoms with Gasteiger partial charge in [-0.2, -0.15) is 0 Å². The number of thiophene rings is 1. The van der Waals surface area contributed by atoms with Crippen LogP contribution in [0, 0.1) is 12.3 Å². The summed E-state index contributed by atoms with van der Waals surface area (Å²) >= 11 is 9.31. The molecule has 0 fully saturated rings. The monoisotopic (exact) mass is 526 g/mol. The van der Waals surface area contributed by atoms with E-state index in [2.05, 4.69) is 103 Å². The molecular formula is C26H24Br2S. The van der Waals surface area contributed by atoms with Crippen molar-refractivity contribution in [2.45, 2.75) is 47.0 Å². The van der Waals surface area contributed by atoms with Crippen LogP contribution in [0.5, 0.6) is 0 Å². The minimum atomic E-state index is 0.0244. The third-order valence-corrected chi connectivity index (χ3v) is 9.19. The summed E-state index contributed by atoms with van der Waals surface area (Å²) in [4.78, 5) is 0. The second kappa shape index (κ2) is 6.67. The minimum absolute atomic E-state index is 0.0244. The van der Waals surface area contributed by atoms with Gasteiger partial charge in [0.05, 0.1) is 3.79 Å². The van der Waals surface area contributed by atoms with E-state index in [1.807, 2.05) is 11.3 Å². The second-order valence-corrected chi connectivity index (χ2v) is 12.4. The number of aryl methyl sites for hydroxylation is 1. The van der Waals surface area contributed by atoms with Crippen LogP contribution in [0.3, 0.4) is 0 Å². The standard InChI is InChI=1S/C26H24Br2S/c1-13-9-17-15(3)18-12-23(28)29-22(18)11-20(17)25(13)26(4,5)24-14(2)10-19-16(24)7-6-8-21(19)27/h6-8,10-12,24H,9H2,1-5H3. The molecule has 0 radical (unpaired) electrons. The largest absolute Gasteiger partial charge is 0.128 e. The summed E-state index contributed by atoms with van der Waals surface area (Å²) in [6.45, 7) is 11.8. The lowest BCUT2D eigenvalue weighted by Gasteiger charge is -2.37. The maximum absolute atomic E-state index is 3.77. The summed E-state index contributed by atoms with van der Waals surface area (Å²) < 4.78 is 3.80. The quantitative estimate of drug-likeness (QED) is 0.311. The zero-order valence-corrected chi connectivity index (χ0v) is 21.4. The van der Waals surface area contributed by atoms with Crippen molar-refractivity contribution in [3.05, 3.63) is 77.6 Å². The molecule has 0 saturated heterocycles. The van der Waals surface area contributed by atoms with Crippen LogP contribution in [0.4, 0.5) is 0 Å². The number of benzene rings is 2. The Labute approximate surface area is 194 Å². The van der Waals surface area contributed by atoms with Crippen molar-refractivity contribution < 1.29 is 0 Å². The van der Waals surface area contributed by atoms with Crippen molar-refractivity contribution >= 4 is 64.9 Å². The van der Waals surface area contributed by atoms with Crippen LogP contribution in [-0.2, 0) is 6.42 Å². The zero-order chi connectivity index (χ0) is 20.7. The lowest BCUT2D eigenvalue weighted by atomic mass is 9.66. The van der Waals surface area contributed by atoms with E-state index in [0.717, 1.165) is 6.42 Å². The molecule has 0 bridgehead atoms. The summed E-state index contributed by atoms with van der Waals surface area (Å²) in [5.41, 5.74) is 11.8. The van der Waals surface area contributed by atoms with E-state index in [1.165, 1.54) is 57.3 Å². The van der Waals surface area contributed by atoms with Gasteiger partial charge in [-0.05, 0) is 100 Å². The van der Waals surface area contributed by atoms with Crippen molar-refractivity contribution in [3.63, 3.8) is 0 Å². The van der Waals surface area contributed by atoms with Gasteiger partial charge in [0, 0.05) is 20.5 Å². The Kier molecular flexibility index (Phi) is 4.55. The Bertz CT molecular complexity index is 1250. The fraction of sp³-hybridized carbons (Fsp3) is 0.308. The third-order valence-electron chi connectivity index (χ3n) is 6.92. The van der Waals surface area contributed by atoms with E-state index in [1.54, 1.807) is 5.57 Å². The van der Waals surface area contributed by atoms with E-state index in [4.69, 9.17) is 0 Å². The van der Waals surface area contributed by atoms with Gasteiger partial charge in [0.15, 0.2) is 0 Å². The average molecular weight is 528 g/mol. The molecule has 0 nitrogen and oxygen atoms in total. The predicted octanol–water partition coefficient (Wildman–Crippen LogP) is 9.29. The first-order chi connectivity index (χ1) is 13.7. The van der Waals surface area contributed by atoms with Crippen LogP contribution >= 0.6 is 43.2 Å². The zero-order valence-electron chi connectivity index (χ0n) is 17.4. The van der Waals surface area contributed by atoms with Crippen LogP contribution in [0.15, 0.2) is 49.7 Å². The van der Waals surface area contributed by atoms with Crippen molar-refractivity contribution in [1.29, 1.82) is 0 Å². The smallest absolute Gasteiger partial charge is 0.0711 e. The van der Waals surface area contributed by atoms with Crippen molar-refractivity contribution in [3.8, 4) is 0 Å². The summed E-state index contributed by atoms with van der Waals surface area (Å²) in [7, 11) is 0. The molecule has 5 rings (SSSR count). The summed E-state index contributed by atoms with van der Waals surface area (Å²) in [5.74, 6) is 0.400. The molecule has 3 heteroatoms. The van der Waals surface area contributed by atoms with E-state index in [0.29, 0.717) is 5.92 Å². The first-order valence-electron chi connectivity index (χ1n) is 10.1. The molecular weight excluding hydrogens is 504 g/mol. The molecule has 2 aliphatic rings. The van der Waals surface area contributed by atoms with Gasteiger partial charge in [0.25, 0.3) is 0 Å². The number of rotatable bonds is 2. The Balaban J connectivity index is 1.71. The van der Waals surface area contributed by atoms with Crippen LogP contribution in [0.1, 0.15) is 61.4 Å². The highest BCUT2D eigenvalue weighted by Gasteiger charge is 2.42. The lowest BCUT2D eigenvalue weighted by molar-refractivity contribution is 0.434. The van der Waals surface area contributed by atoms with Gasteiger partial charge in [-0.1, -0.05) is 59.1 Å². The number of halogens is 2.